The number of aryl methyl sites for hydroxylation is 1. The molecule has 1 aliphatic rings. The van der Waals surface area contributed by atoms with Gasteiger partial charge in [-0.3, -0.25) is 4.79 Å². The average molecular weight is 410 g/mol. The molecular weight excluding hydrogens is 396 g/mol. The molecule has 0 fully saturated rings. The van der Waals surface area contributed by atoms with Gasteiger partial charge in [0.1, 0.15) is 18.2 Å². The Balaban J connectivity index is 1.48. The van der Waals surface area contributed by atoms with E-state index in [0.717, 1.165) is 12.1 Å². The van der Waals surface area contributed by atoms with Crippen LogP contribution in [0.1, 0.15) is 17.0 Å². The first-order valence-corrected chi connectivity index (χ1v) is 9.32. The van der Waals surface area contributed by atoms with E-state index in [1.807, 2.05) is 0 Å². The van der Waals surface area contributed by atoms with Crippen LogP contribution in [0.3, 0.4) is 0 Å². The van der Waals surface area contributed by atoms with E-state index in [9.17, 15) is 22.4 Å². The summed E-state index contributed by atoms with van der Waals surface area (Å²) in [5, 5.41) is 0.593. The number of alkyl halides is 3. The lowest BCUT2D eigenvalue weighted by molar-refractivity contribution is -0.137. The van der Waals surface area contributed by atoms with Gasteiger partial charge in [-0.05, 0) is 30.3 Å². The van der Waals surface area contributed by atoms with Crippen molar-refractivity contribution in [1.29, 1.82) is 0 Å². The molecule has 2 heterocycles. The van der Waals surface area contributed by atoms with Crippen LogP contribution in [0.4, 0.5) is 23.2 Å². The fraction of sp³-hybridized carbons (Fsp3) is 0.263. The van der Waals surface area contributed by atoms with E-state index in [1.54, 1.807) is 0 Å². The van der Waals surface area contributed by atoms with Gasteiger partial charge in [0, 0.05) is 18.9 Å². The molecule has 0 bridgehead atoms. The highest BCUT2D eigenvalue weighted by Gasteiger charge is 2.31. The van der Waals surface area contributed by atoms with Crippen LogP contribution in [0.2, 0.25) is 0 Å². The second-order valence-corrected chi connectivity index (χ2v) is 7.41. The second kappa shape index (κ2) is 7.05. The first kappa shape index (κ1) is 18.7. The Morgan fingerprint density at radius 3 is 2.82 bits per heavy atom. The molecule has 0 saturated carbocycles. The normalized spacial score (nSPS) is 14.1. The van der Waals surface area contributed by atoms with Gasteiger partial charge in [-0.25, -0.2) is 9.37 Å². The topological polar surface area (TPSA) is 42.4 Å². The molecule has 0 unspecified atom stereocenters. The number of hydrogen-bond acceptors (Lipinski definition) is 4. The van der Waals surface area contributed by atoms with Crippen molar-refractivity contribution >= 4 is 33.1 Å². The van der Waals surface area contributed by atoms with Gasteiger partial charge in [0.15, 0.2) is 0 Å². The molecule has 2 aromatic carbocycles. The molecule has 9 heteroatoms. The van der Waals surface area contributed by atoms with Crippen molar-refractivity contribution in [2.24, 2.45) is 0 Å². The van der Waals surface area contributed by atoms with E-state index >= 15 is 0 Å². The average Bonchev–Trinajstić information content (AvgIpc) is 3.06. The van der Waals surface area contributed by atoms with Crippen molar-refractivity contribution in [1.82, 2.24) is 4.98 Å². The van der Waals surface area contributed by atoms with Gasteiger partial charge in [-0.15, -0.1) is 11.3 Å². The van der Waals surface area contributed by atoms with Gasteiger partial charge in [-0.1, -0.05) is 0 Å². The minimum atomic E-state index is -4.42. The molecule has 1 aliphatic heterocycles. The molecule has 0 saturated heterocycles. The summed E-state index contributed by atoms with van der Waals surface area (Å²) in [6, 6.07) is 7.44. The fourth-order valence-electron chi connectivity index (χ4n) is 3.06. The van der Waals surface area contributed by atoms with Crippen molar-refractivity contribution in [3.05, 3.63) is 52.8 Å². The zero-order chi connectivity index (χ0) is 19.9. The van der Waals surface area contributed by atoms with Gasteiger partial charge in [0.2, 0.25) is 5.91 Å². The monoisotopic (exact) mass is 410 g/mol. The van der Waals surface area contributed by atoms with Crippen molar-refractivity contribution < 1.29 is 27.1 Å². The Morgan fingerprint density at radius 1 is 1.21 bits per heavy atom. The Bertz CT molecular complexity index is 1050. The third kappa shape index (κ3) is 3.66. The molecule has 4 nitrogen and oxygen atoms in total. The van der Waals surface area contributed by atoms with Crippen molar-refractivity contribution in [2.75, 3.05) is 18.1 Å². The smallest absolute Gasteiger partial charge is 0.416 e. The molecule has 0 spiro atoms. The number of benzene rings is 2. The number of carbonyl (C=O) groups excluding carboxylic acids is 1. The van der Waals surface area contributed by atoms with E-state index < -0.39 is 17.6 Å². The van der Waals surface area contributed by atoms with Crippen molar-refractivity contribution in [2.45, 2.75) is 19.0 Å². The highest BCUT2D eigenvalue weighted by atomic mass is 32.1. The van der Waals surface area contributed by atoms with Gasteiger partial charge >= 0.3 is 6.18 Å². The number of rotatable bonds is 3. The number of carbonyl (C=O) groups is 1. The van der Waals surface area contributed by atoms with E-state index in [2.05, 4.69) is 4.98 Å². The van der Waals surface area contributed by atoms with Crippen molar-refractivity contribution in [3.63, 3.8) is 0 Å². The number of hydrogen-bond donors (Lipinski definition) is 0. The molecule has 0 atom stereocenters. The summed E-state index contributed by atoms with van der Waals surface area (Å²) >= 11 is 1.27. The minimum Gasteiger partial charge on any atom is -0.489 e. The summed E-state index contributed by atoms with van der Waals surface area (Å²) in [4.78, 5) is 18.4. The van der Waals surface area contributed by atoms with E-state index in [1.165, 1.54) is 40.5 Å². The number of nitrogens with zero attached hydrogens (tertiary/aromatic N) is 2. The summed E-state index contributed by atoms with van der Waals surface area (Å²) in [6.07, 6.45) is -3.96. The lowest BCUT2D eigenvalue weighted by atomic mass is 10.2. The zero-order valence-corrected chi connectivity index (χ0v) is 15.2. The van der Waals surface area contributed by atoms with E-state index in [-0.39, 0.29) is 24.5 Å². The van der Waals surface area contributed by atoms with Crippen LogP contribution in [0.15, 0.2) is 36.4 Å². The van der Waals surface area contributed by atoms with Crippen LogP contribution in [0.25, 0.3) is 10.2 Å². The van der Waals surface area contributed by atoms with E-state index in [4.69, 9.17) is 4.74 Å². The van der Waals surface area contributed by atoms with E-state index in [0.29, 0.717) is 34.1 Å². The Morgan fingerprint density at radius 2 is 2.04 bits per heavy atom. The second-order valence-electron chi connectivity index (χ2n) is 6.29. The maximum absolute atomic E-state index is 13.3. The molecule has 1 amide bonds. The van der Waals surface area contributed by atoms with Crippen LogP contribution >= 0.6 is 11.3 Å². The number of aromatic nitrogens is 1. The summed E-state index contributed by atoms with van der Waals surface area (Å²) in [7, 11) is 0. The molecule has 0 aliphatic carbocycles. The summed E-state index contributed by atoms with van der Waals surface area (Å²) in [5.41, 5.74) is 0.0383. The molecule has 28 heavy (non-hydrogen) atoms. The van der Waals surface area contributed by atoms with Gasteiger partial charge in [0.05, 0.1) is 33.0 Å². The third-order valence-corrected chi connectivity index (χ3v) is 5.49. The summed E-state index contributed by atoms with van der Waals surface area (Å²) in [6.45, 7) is 0.621. The molecule has 4 rings (SSSR count). The zero-order valence-electron chi connectivity index (χ0n) is 14.4. The SMILES string of the molecule is O=C(CCc1nc2cc(C(F)(F)F)ccc2s1)N1CCOc2cc(F)ccc21. The van der Waals surface area contributed by atoms with Gasteiger partial charge in [0.25, 0.3) is 0 Å². The maximum Gasteiger partial charge on any atom is 0.416 e. The molecule has 0 radical (unpaired) electrons. The largest absolute Gasteiger partial charge is 0.489 e. The number of fused-ring (bicyclic) bond motifs is 2. The molecule has 1 aromatic heterocycles. The molecule has 3 aromatic rings. The molecule has 146 valence electrons. The van der Waals surface area contributed by atoms with Gasteiger partial charge in [-0.2, -0.15) is 13.2 Å². The fourth-order valence-corrected chi connectivity index (χ4v) is 4.01. The number of thiazole rings is 1. The standard InChI is InChI=1S/C19H14F4N2O2S/c20-12-2-3-14-15(10-12)27-8-7-25(14)18(26)6-5-17-24-13-9-11(19(21,22)23)1-4-16(13)28-17/h1-4,9-10H,5-8H2. The summed E-state index contributed by atoms with van der Waals surface area (Å²) < 4.78 is 57.8. The lowest BCUT2D eigenvalue weighted by Crippen LogP contribution is -2.38. The predicted molar refractivity (Wildman–Crippen MR) is 97.2 cm³/mol. The highest BCUT2D eigenvalue weighted by Crippen LogP contribution is 2.34. The first-order chi connectivity index (χ1) is 13.3. The number of anilines is 1. The Labute approximate surface area is 161 Å². The van der Waals surface area contributed by atoms with Crippen LogP contribution in [0, 0.1) is 5.82 Å². The maximum atomic E-state index is 13.3. The number of ether oxygens (including phenoxy) is 1. The quantitative estimate of drug-likeness (QED) is 0.582. The van der Waals surface area contributed by atoms with Crippen LogP contribution < -0.4 is 9.64 Å². The third-order valence-electron chi connectivity index (χ3n) is 4.40. The lowest BCUT2D eigenvalue weighted by Gasteiger charge is -2.29. The molecular formula is C19H14F4N2O2S. The Hall–Kier alpha value is -2.68. The number of amides is 1. The molecule has 0 N–H and O–H groups in total. The minimum absolute atomic E-state index is 0.142. The highest BCUT2D eigenvalue weighted by molar-refractivity contribution is 7.18. The van der Waals surface area contributed by atoms with Crippen LogP contribution in [-0.4, -0.2) is 24.0 Å². The summed E-state index contributed by atoms with van der Waals surface area (Å²) in [5.74, 6) is -0.300. The van der Waals surface area contributed by atoms with Gasteiger partial charge < -0.3 is 9.64 Å². The first-order valence-electron chi connectivity index (χ1n) is 8.50. The van der Waals surface area contributed by atoms with Crippen LogP contribution in [-0.2, 0) is 17.4 Å². The Kier molecular flexibility index (Phi) is 4.70. The number of halogens is 4. The van der Waals surface area contributed by atoms with Crippen LogP contribution in [0.5, 0.6) is 5.75 Å². The van der Waals surface area contributed by atoms with Crippen molar-refractivity contribution in [3.8, 4) is 5.75 Å². The predicted octanol–water partition coefficient (Wildman–Crippen LogP) is 4.81.